The lowest BCUT2D eigenvalue weighted by atomic mass is 10.1. The summed E-state index contributed by atoms with van der Waals surface area (Å²) < 4.78 is 5.30. The average Bonchev–Trinajstić information content (AvgIpc) is 2.84. The first-order chi connectivity index (χ1) is 9.16. The third kappa shape index (κ3) is 3.79. The van der Waals surface area contributed by atoms with E-state index in [1.54, 1.807) is 6.07 Å². The minimum Gasteiger partial charge on any atom is -0.481 e. The lowest BCUT2D eigenvalue weighted by molar-refractivity contribution is -0.137. The first kappa shape index (κ1) is 13.5. The number of carbonyl (C=O) groups is 2. The van der Waals surface area contributed by atoms with Gasteiger partial charge < -0.3 is 15.2 Å². The highest BCUT2D eigenvalue weighted by Crippen LogP contribution is 2.20. The summed E-state index contributed by atoms with van der Waals surface area (Å²) in [6, 6.07) is 5.57. The smallest absolute Gasteiger partial charge is 0.303 e. The zero-order valence-corrected chi connectivity index (χ0v) is 10.6. The van der Waals surface area contributed by atoms with Gasteiger partial charge in [-0.05, 0) is 36.1 Å². The summed E-state index contributed by atoms with van der Waals surface area (Å²) >= 11 is 0. The molecule has 1 aromatic rings. The fourth-order valence-corrected chi connectivity index (χ4v) is 2.02. The summed E-state index contributed by atoms with van der Waals surface area (Å²) in [7, 11) is 0. The lowest BCUT2D eigenvalue weighted by Gasteiger charge is -2.06. The second kappa shape index (κ2) is 6.33. The second-order valence-corrected chi connectivity index (χ2v) is 4.58. The van der Waals surface area contributed by atoms with Crippen molar-refractivity contribution in [2.24, 2.45) is 0 Å². The number of carboxylic acids is 1. The molecule has 1 heterocycles. The summed E-state index contributed by atoms with van der Waals surface area (Å²) in [4.78, 5) is 22.2. The number of amides is 1. The zero-order chi connectivity index (χ0) is 13.7. The molecule has 0 radical (unpaired) electrons. The number of aliphatic carboxylic acids is 1. The van der Waals surface area contributed by atoms with Gasteiger partial charge in [-0.2, -0.15) is 0 Å². The van der Waals surface area contributed by atoms with Crippen LogP contribution in [0.5, 0.6) is 0 Å². The van der Waals surface area contributed by atoms with Crippen LogP contribution >= 0.6 is 0 Å². The van der Waals surface area contributed by atoms with Crippen molar-refractivity contribution in [1.82, 2.24) is 5.32 Å². The monoisotopic (exact) mass is 263 g/mol. The first-order valence-electron chi connectivity index (χ1n) is 6.36. The molecular weight excluding hydrogens is 246 g/mol. The Balaban J connectivity index is 1.78. The van der Waals surface area contributed by atoms with Gasteiger partial charge in [-0.25, -0.2) is 0 Å². The van der Waals surface area contributed by atoms with Gasteiger partial charge in [0.25, 0.3) is 5.91 Å². The van der Waals surface area contributed by atoms with E-state index < -0.39 is 5.97 Å². The number of rotatable bonds is 6. The molecule has 1 aliphatic heterocycles. The molecule has 1 aliphatic rings. The Morgan fingerprint density at radius 1 is 1.21 bits per heavy atom. The van der Waals surface area contributed by atoms with Gasteiger partial charge in [0.1, 0.15) is 0 Å². The van der Waals surface area contributed by atoms with Gasteiger partial charge in [0.05, 0.1) is 13.2 Å². The molecule has 0 unspecified atom stereocenters. The maximum absolute atomic E-state index is 11.9. The number of unbranched alkanes of at least 4 members (excludes halogenated alkanes) is 1. The van der Waals surface area contributed by atoms with E-state index in [1.807, 2.05) is 12.1 Å². The molecule has 1 aromatic carbocycles. The predicted octanol–water partition coefficient (Wildman–Crippen LogP) is 1.70. The lowest BCUT2D eigenvalue weighted by Crippen LogP contribution is -2.24. The van der Waals surface area contributed by atoms with E-state index in [0.717, 1.165) is 11.1 Å². The SMILES string of the molecule is O=C(O)CCCCNC(=O)c1ccc2c(c1)COC2. The number of hydrogen-bond donors (Lipinski definition) is 2. The number of benzene rings is 1. The fraction of sp³-hybridized carbons (Fsp3) is 0.429. The van der Waals surface area contributed by atoms with Crippen LogP contribution in [-0.4, -0.2) is 23.5 Å². The van der Waals surface area contributed by atoms with E-state index in [0.29, 0.717) is 38.2 Å². The molecule has 1 amide bonds. The van der Waals surface area contributed by atoms with Crippen LogP contribution in [0.15, 0.2) is 18.2 Å². The summed E-state index contributed by atoms with van der Waals surface area (Å²) in [6.45, 7) is 1.68. The Kier molecular flexibility index (Phi) is 4.52. The molecule has 0 bridgehead atoms. The molecule has 0 atom stereocenters. The minimum absolute atomic E-state index is 0.120. The molecule has 0 saturated carbocycles. The predicted molar refractivity (Wildman–Crippen MR) is 68.8 cm³/mol. The van der Waals surface area contributed by atoms with E-state index in [2.05, 4.69) is 5.32 Å². The molecule has 19 heavy (non-hydrogen) atoms. The van der Waals surface area contributed by atoms with E-state index >= 15 is 0 Å². The van der Waals surface area contributed by atoms with Crippen molar-refractivity contribution in [3.63, 3.8) is 0 Å². The summed E-state index contributed by atoms with van der Waals surface area (Å²) in [5, 5.41) is 11.3. The molecule has 0 saturated heterocycles. The molecule has 5 heteroatoms. The highest BCUT2D eigenvalue weighted by Gasteiger charge is 2.13. The van der Waals surface area contributed by atoms with Gasteiger partial charge in [0, 0.05) is 18.5 Å². The number of carbonyl (C=O) groups excluding carboxylic acids is 1. The highest BCUT2D eigenvalue weighted by atomic mass is 16.5. The van der Waals surface area contributed by atoms with Crippen molar-refractivity contribution in [3.05, 3.63) is 34.9 Å². The van der Waals surface area contributed by atoms with Crippen molar-refractivity contribution in [2.75, 3.05) is 6.54 Å². The summed E-state index contributed by atoms with van der Waals surface area (Å²) in [5.74, 6) is -0.921. The van der Waals surface area contributed by atoms with Crippen molar-refractivity contribution < 1.29 is 19.4 Å². The molecule has 102 valence electrons. The van der Waals surface area contributed by atoms with Crippen LogP contribution in [-0.2, 0) is 22.7 Å². The third-order valence-corrected chi connectivity index (χ3v) is 3.09. The maximum Gasteiger partial charge on any atom is 0.303 e. The topological polar surface area (TPSA) is 75.6 Å². The number of carboxylic acid groups (broad SMARTS) is 1. The van der Waals surface area contributed by atoms with Crippen LogP contribution in [0.3, 0.4) is 0 Å². The van der Waals surface area contributed by atoms with Gasteiger partial charge in [0.2, 0.25) is 0 Å². The molecule has 5 nitrogen and oxygen atoms in total. The standard InChI is InChI=1S/C14H17NO4/c16-13(17)3-1-2-6-15-14(18)10-4-5-11-8-19-9-12(11)7-10/h4-5,7H,1-3,6,8-9H2,(H,15,18)(H,16,17). The quantitative estimate of drug-likeness (QED) is 0.766. The number of hydrogen-bond acceptors (Lipinski definition) is 3. The van der Waals surface area contributed by atoms with Crippen molar-refractivity contribution in [1.29, 1.82) is 0 Å². The molecule has 2 N–H and O–H groups in total. The molecule has 0 aliphatic carbocycles. The van der Waals surface area contributed by atoms with Crippen molar-refractivity contribution >= 4 is 11.9 Å². The van der Waals surface area contributed by atoms with Gasteiger partial charge in [-0.1, -0.05) is 6.07 Å². The fourth-order valence-electron chi connectivity index (χ4n) is 2.02. The van der Waals surface area contributed by atoms with Crippen LogP contribution in [0, 0.1) is 0 Å². The Morgan fingerprint density at radius 3 is 2.79 bits per heavy atom. The Morgan fingerprint density at radius 2 is 2.00 bits per heavy atom. The van der Waals surface area contributed by atoms with Crippen LogP contribution < -0.4 is 5.32 Å². The highest BCUT2D eigenvalue weighted by molar-refractivity contribution is 5.94. The normalized spacial score (nSPS) is 13.1. The Labute approximate surface area is 111 Å². The Hall–Kier alpha value is -1.88. The maximum atomic E-state index is 11.9. The van der Waals surface area contributed by atoms with Crippen molar-refractivity contribution in [3.8, 4) is 0 Å². The molecule has 2 rings (SSSR count). The summed E-state index contributed by atoms with van der Waals surface area (Å²) in [6.07, 6.45) is 1.39. The average molecular weight is 263 g/mol. The third-order valence-electron chi connectivity index (χ3n) is 3.09. The summed E-state index contributed by atoms with van der Waals surface area (Å²) in [5.41, 5.74) is 2.83. The number of ether oxygens (including phenoxy) is 1. The number of nitrogens with one attached hydrogen (secondary N) is 1. The van der Waals surface area contributed by atoms with Crippen LogP contribution in [0.1, 0.15) is 40.7 Å². The first-order valence-corrected chi connectivity index (χ1v) is 6.36. The number of fused-ring (bicyclic) bond motifs is 1. The van der Waals surface area contributed by atoms with Crippen LogP contribution in [0.2, 0.25) is 0 Å². The molecule has 0 spiro atoms. The van der Waals surface area contributed by atoms with Gasteiger partial charge in [0.15, 0.2) is 0 Å². The van der Waals surface area contributed by atoms with E-state index in [-0.39, 0.29) is 12.3 Å². The Bertz CT molecular complexity index is 484. The zero-order valence-electron chi connectivity index (χ0n) is 10.6. The van der Waals surface area contributed by atoms with Crippen LogP contribution in [0.25, 0.3) is 0 Å². The largest absolute Gasteiger partial charge is 0.481 e. The van der Waals surface area contributed by atoms with Gasteiger partial charge in [-0.15, -0.1) is 0 Å². The molecule has 0 fully saturated rings. The van der Waals surface area contributed by atoms with Gasteiger partial charge >= 0.3 is 5.97 Å². The van der Waals surface area contributed by atoms with Gasteiger partial charge in [-0.3, -0.25) is 9.59 Å². The van der Waals surface area contributed by atoms with E-state index in [1.165, 1.54) is 0 Å². The molecular formula is C14H17NO4. The second-order valence-electron chi connectivity index (χ2n) is 4.58. The van der Waals surface area contributed by atoms with E-state index in [9.17, 15) is 9.59 Å². The minimum atomic E-state index is -0.801. The van der Waals surface area contributed by atoms with Crippen LogP contribution in [0.4, 0.5) is 0 Å². The molecule has 0 aromatic heterocycles. The van der Waals surface area contributed by atoms with E-state index in [4.69, 9.17) is 9.84 Å². The van der Waals surface area contributed by atoms with Crippen molar-refractivity contribution in [2.45, 2.75) is 32.5 Å².